The molecule has 0 aromatic heterocycles. The summed E-state index contributed by atoms with van der Waals surface area (Å²) in [6.07, 6.45) is -2.67. The molecule has 4 nitrogen and oxygen atoms in total. The Balaban J connectivity index is 2.91. The van der Waals surface area contributed by atoms with Crippen LogP contribution in [0.2, 0.25) is 0 Å². The first-order valence-corrected chi connectivity index (χ1v) is 5.27. The van der Waals surface area contributed by atoms with E-state index >= 15 is 0 Å². The molecule has 1 amide bonds. The number of aliphatic hydroxyl groups excluding tert-OH is 1. The molecule has 0 aliphatic rings. The topological polar surface area (TPSA) is 64.3 Å². The van der Waals surface area contributed by atoms with Crippen molar-refractivity contribution in [2.45, 2.75) is 6.43 Å². The molecular weight excluding hydrogens is 242 g/mol. The predicted molar refractivity (Wildman–Crippen MR) is 60.2 cm³/mol. The zero-order chi connectivity index (χ0) is 13.5. The highest BCUT2D eigenvalue weighted by Gasteiger charge is 2.19. The molecule has 0 fully saturated rings. The van der Waals surface area contributed by atoms with Crippen molar-refractivity contribution in [2.24, 2.45) is 0 Å². The van der Waals surface area contributed by atoms with Crippen LogP contribution in [-0.4, -0.2) is 42.0 Å². The number of amides is 1. The van der Waals surface area contributed by atoms with Gasteiger partial charge in [-0.3, -0.25) is 4.79 Å². The van der Waals surface area contributed by atoms with Gasteiger partial charge in [0.05, 0.1) is 24.8 Å². The quantitative estimate of drug-likeness (QED) is 0.860. The van der Waals surface area contributed by atoms with Crippen molar-refractivity contribution in [3.63, 3.8) is 0 Å². The molecule has 0 atom stereocenters. The number of alkyl halides is 2. The molecule has 0 saturated heterocycles. The van der Waals surface area contributed by atoms with Crippen LogP contribution in [0.15, 0.2) is 24.3 Å². The summed E-state index contributed by atoms with van der Waals surface area (Å²) in [4.78, 5) is 12.8. The fourth-order valence-corrected chi connectivity index (χ4v) is 1.47. The summed E-state index contributed by atoms with van der Waals surface area (Å²) in [5.41, 5.74) is 0.435. The third kappa shape index (κ3) is 3.79. The van der Waals surface area contributed by atoms with Crippen LogP contribution in [0.5, 0.6) is 0 Å². The van der Waals surface area contributed by atoms with Gasteiger partial charge in [0, 0.05) is 12.1 Å². The van der Waals surface area contributed by atoms with Crippen LogP contribution in [0.3, 0.4) is 0 Å². The number of carbonyl (C=O) groups excluding carboxylic acids is 1. The molecule has 0 heterocycles. The lowest BCUT2D eigenvalue weighted by Gasteiger charge is -2.21. The Hall–Kier alpha value is -2.00. The summed E-state index contributed by atoms with van der Waals surface area (Å²) in [5.74, 6) is -0.624. The van der Waals surface area contributed by atoms with Crippen LogP contribution in [0, 0.1) is 11.3 Å². The van der Waals surface area contributed by atoms with Crippen LogP contribution < -0.4 is 0 Å². The molecular formula is C12H12F2N2O2. The summed E-state index contributed by atoms with van der Waals surface area (Å²) in [6, 6.07) is 7.66. The molecule has 18 heavy (non-hydrogen) atoms. The number of aliphatic hydroxyl groups is 1. The average molecular weight is 254 g/mol. The van der Waals surface area contributed by atoms with Crippen molar-refractivity contribution in [2.75, 3.05) is 19.7 Å². The van der Waals surface area contributed by atoms with Crippen LogP contribution in [0.1, 0.15) is 15.9 Å². The smallest absolute Gasteiger partial charge is 0.255 e. The second-order valence-corrected chi connectivity index (χ2v) is 3.56. The molecule has 1 aromatic carbocycles. The maximum Gasteiger partial charge on any atom is 0.255 e. The van der Waals surface area contributed by atoms with Crippen LogP contribution >= 0.6 is 0 Å². The number of hydrogen-bond acceptors (Lipinski definition) is 3. The zero-order valence-electron chi connectivity index (χ0n) is 9.51. The minimum atomic E-state index is -2.67. The van der Waals surface area contributed by atoms with Crippen LogP contribution in [0.4, 0.5) is 8.78 Å². The summed E-state index contributed by atoms with van der Waals surface area (Å²) >= 11 is 0. The van der Waals surface area contributed by atoms with Crippen molar-refractivity contribution in [1.82, 2.24) is 4.90 Å². The molecule has 0 saturated carbocycles. The van der Waals surface area contributed by atoms with E-state index in [1.807, 2.05) is 6.07 Å². The van der Waals surface area contributed by atoms with E-state index in [-0.39, 0.29) is 17.7 Å². The lowest BCUT2D eigenvalue weighted by atomic mass is 10.1. The molecule has 0 unspecified atom stereocenters. The van der Waals surface area contributed by atoms with E-state index in [0.29, 0.717) is 0 Å². The monoisotopic (exact) mass is 254 g/mol. The molecule has 0 aliphatic carbocycles. The highest BCUT2D eigenvalue weighted by molar-refractivity contribution is 5.94. The van der Waals surface area contributed by atoms with E-state index in [9.17, 15) is 13.6 Å². The largest absolute Gasteiger partial charge is 0.395 e. The maximum atomic E-state index is 12.3. The molecule has 96 valence electrons. The summed E-state index contributed by atoms with van der Waals surface area (Å²) < 4.78 is 24.6. The molecule has 1 aromatic rings. The minimum Gasteiger partial charge on any atom is -0.395 e. The lowest BCUT2D eigenvalue weighted by molar-refractivity contribution is 0.0509. The Labute approximate surface area is 103 Å². The second kappa shape index (κ2) is 6.67. The minimum absolute atomic E-state index is 0.156. The first-order chi connectivity index (χ1) is 8.58. The fraction of sp³-hybridized carbons (Fsp3) is 0.333. The van der Waals surface area contributed by atoms with E-state index in [1.54, 1.807) is 0 Å². The number of rotatable bonds is 5. The van der Waals surface area contributed by atoms with Gasteiger partial charge in [-0.15, -0.1) is 0 Å². The van der Waals surface area contributed by atoms with Crippen molar-refractivity contribution >= 4 is 5.91 Å². The first kappa shape index (κ1) is 14.1. The Kier molecular flexibility index (Phi) is 5.21. The van der Waals surface area contributed by atoms with Gasteiger partial charge in [-0.05, 0) is 18.2 Å². The third-order valence-corrected chi connectivity index (χ3v) is 2.25. The van der Waals surface area contributed by atoms with Crippen molar-refractivity contribution in [1.29, 1.82) is 5.26 Å². The van der Waals surface area contributed by atoms with Gasteiger partial charge in [0.1, 0.15) is 0 Å². The van der Waals surface area contributed by atoms with E-state index in [1.165, 1.54) is 24.3 Å². The van der Waals surface area contributed by atoms with Gasteiger partial charge in [0.25, 0.3) is 12.3 Å². The number of benzene rings is 1. The second-order valence-electron chi connectivity index (χ2n) is 3.56. The number of nitriles is 1. The molecule has 1 N–H and O–H groups in total. The molecule has 1 rings (SSSR count). The van der Waals surface area contributed by atoms with E-state index in [0.717, 1.165) is 4.90 Å². The number of hydrogen-bond donors (Lipinski definition) is 1. The van der Waals surface area contributed by atoms with Gasteiger partial charge in [-0.25, -0.2) is 8.78 Å². The van der Waals surface area contributed by atoms with Crippen molar-refractivity contribution in [3.8, 4) is 6.07 Å². The predicted octanol–water partition coefficient (Wildman–Crippen LogP) is 1.26. The fourth-order valence-electron chi connectivity index (χ4n) is 1.47. The molecule has 0 bridgehead atoms. The maximum absolute atomic E-state index is 12.3. The molecule has 0 radical (unpaired) electrons. The van der Waals surface area contributed by atoms with Gasteiger partial charge in [0.2, 0.25) is 0 Å². The zero-order valence-corrected chi connectivity index (χ0v) is 9.51. The molecule has 0 spiro atoms. The van der Waals surface area contributed by atoms with Gasteiger partial charge in [-0.1, -0.05) is 6.07 Å². The lowest BCUT2D eigenvalue weighted by Crippen LogP contribution is -2.37. The Morgan fingerprint density at radius 3 is 2.78 bits per heavy atom. The third-order valence-electron chi connectivity index (χ3n) is 2.25. The Bertz CT molecular complexity index is 458. The van der Waals surface area contributed by atoms with Crippen molar-refractivity contribution < 1.29 is 18.7 Å². The van der Waals surface area contributed by atoms with E-state index in [4.69, 9.17) is 10.4 Å². The standard InChI is InChI=1S/C12H12F2N2O2/c13-11(14)8-16(4-5-17)12(18)10-3-1-2-9(6-10)7-15/h1-3,6,11,17H,4-5,8H2. The van der Waals surface area contributed by atoms with E-state index in [2.05, 4.69) is 0 Å². The number of nitrogens with zero attached hydrogens (tertiary/aromatic N) is 2. The van der Waals surface area contributed by atoms with Crippen LogP contribution in [-0.2, 0) is 0 Å². The first-order valence-electron chi connectivity index (χ1n) is 5.27. The Morgan fingerprint density at radius 2 is 2.22 bits per heavy atom. The molecule has 6 heteroatoms. The van der Waals surface area contributed by atoms with Gasteiger partial charge < -0.3 is 10.0 Å². The SMILES string of the molecule is N#Cc1cccc(C(=O)N(CCO)CC(F)F)c1. The van der Waals surface area contributed by atoms with Crippen molar-refractivity contribution in [3.05, 3.63) is 35.4 Å². The Morgan fingerprint density at radius 1 is 1.50 bits per heavy atom. The highest BCUT2D eigenvalue weighted by Crippen LogP contribution is 2.09. The highest BCUT2D eigenvalue weighted by atomic mass is 19.3. The average Bonchev–Trinajstić information content (AvgIpc) is 2.37. The summed E-state index contributed by atoms with van der Waals surface area (Å²) in [6.45, 7) is -1.30. The van der Waals surface area contributed by atoms with Gasteiger partial charge >= 0.3 is 0 Å². The normalized spacial score (nSPS) is 10.2. The summed E-state index contributed by atoms with van der Waals surface area (Å²) in [5, 5.41) is 17.5. The molecule has 0 aliphatic heterocycles. The number of halogens is 2. The van der Waals surface area contributed by atoms with Gasteiger partial charge in [0.15, 0.2) is 0 Å². The van der Waals surface area contributed by atoms with E-state index < -0.39 is 25.5 Å². The summed E-state index contributed by atoms with van der Waals surface area (Å²) in [7, 11) is 0. The van der Waals surface area contributed by atoms with Crippen LogP contribution in [0.25, 0.3) is 0 Å². The number of carbonyl (C=O) groups is 1. The van der Waals surface area contributed by atoms with Gasteiger partial charge in [-0.2, -0.15) is 5.26 Å².